The molecule has 1 aromatic carbocycles. The minimum Gasteiger partial charge on any atom is -0.301 e. The molecule has 0 spiro atoms. The molecule has 0 unspecified atom stereocenters. The van der Waals surface area contributed by atoms with E-state index in [0.717, 1.165) is 17.0 Å². The maximum atomic E-state index is 12.1. The summed E-state index contributed by atoms with van der Waals surface area (Å²) in [5.74, 6) is 0. The molecule has 0 aliphatic rings. The summed E-state index contributed by atoms with van der Waals surface area (Å²) in [6.07, 6.45) is 1.84. The predicted octanol–water partition coefficient (Wildman–Crippen LogP) is 2.55. The molecule has 3 aromatic rings. The van der Waals surface area contributed by atoms with Crippen LogP contribution in [0.4, 0.5) is 0 Å². The van der Waals surface area contributed by atoms with E-state index in [0.29, 0.717) is 0 Å². The zero-order valence-corrected chi connectivity index (χ0v) is 12.2. The Morgan fingerprint density at radius 1 is 1.10 bits per heavy atom. The summed E-state index contributed by atoms with van der Waals surface area (Å²) >= 11 is 0. The molecule has 0 amide bonds. The average Bonchev–Trinajstić information content (AvgIpc) is 2.81. The summed E-state index contributed by atoms with van der Waals surface area (Å²) in [5, 5.41) is 0. The molecule has 0 saturated heterocycles. The first-order chi connectivity index (χ1) is 10.1. The van der Waals surface area contributed by atoms with Gasteiger partial charge in [0.1, 0.15) is 12.3 Å². The Morgan fingerprint density at radius 3 is 2.57 bits per heavy atom. The van der Waals surface area contributed by atoms with Crippen LogP contribution in [0.1, 0.15) is 11.4 Å². The van der Waals surface area contributed by atoms with Gasteiger partial charge in [0.05, 0.1) is 16.3 Å². The van der Waals surface area contributed by atoms with Gasteiger partial charge >= 0.3 is 0 Å². The van der Waals surface area contributed by atoms with Crippen LogP contribution < -0.4 is 0 Å². The molecule has 0 radical (unpaired) electrons. The van der Waals surface area contributed by atoms with E-state index in [1.165, 1.54) is 12.1 Å². The topological polar surface area (TPSA) is 60.7 Å². The largest absolute Gasteiger partial charge is 0.301 e. The van der Waals surface area contributed by atoms with E-state index in [-0.39, 0.29) is 11.5 Å². The molecule has 0 atom stereocenters. The van der Waals surface area contributed by atoms with Crippen molar-refractivity contribution in [2.24, 2.45) is 0 Å². The predicted molar refractivity (Wildman–Crippen MR) is 78.3 cm³/mol. The number of nitrogens with zero attached hydrogens (tertiary/aromatic N) is 2. The second kappa shape index (κ2) is 5.31. The molecule has 5 nitrogen and oxygen atoms in total. The number of pyridine rings is 1. The SMILES string of the molecule is Cc1nc2ccccn2c1COS(=O)(=O)c1ccccc1. The van der Waals surface area contributed by atoms with Crippen LogP contribution in [-0.2, 0) is 20.9 Å². The standard InChI is InChI=1S/C15H14N2O3S/c1-12-14(17-10-6-5-9-15(17)16-12)11-20-21(18,19)13-7-3-2-4-8-13/h2-10H,11H2,1H3. The number of rotatable bonds is 4. The molecule has 6 heteroatoms. The Kier molecular flexibility index (Phi) is 3.48. The van der Waals surface area contributed by atoms with E-state index < -0.39 is 10.1 Å². The molecule has 2 heterocycles. The highest BCUT2D eigenvalue weighted by molar-refractivity contribution is 7.86. The fourth-order valence-electron chi connectivity index (χ4n) is 2.13. The number of benzene rings is 1. The third-order valence-electron chi connectivity index (χ3n) is 3.21. The fourth-order valence-corrected chi connectivity index (χ4v) is 3.02. The molecule has 0 fully saturated rings. The third kappa shape index (κ3) is 2.68. The molecule has 0 bridgehead atoms. The van der Waals surface area contributed by atoms with Gasteiger partial charge in [-0.3, -0.25) is 4.18 Å². The zero-order chi connectivity index (χ0) is 14.9. The molecule has 21 heavy (non-hydrogen) atoms. The first-order valence-electron chi connectivity index (χ1n) is 6.45. The highest BCUT2D eigenvalue weighted by atomic mass is 32.2. The molecular formula is C15H14N2O3S. The Labute approximate surface area is 123 Å². The van der Waals surface area contributed by atoms with Crippen LogP contribution in [0.3, 0.4) is 0 Å². The molecule has 108 valence electrons. The lowest BCUT2D eigenvalue weighted by atomic mass is 10.3. The summed E-state index contributed by atoms with van der Waals surface area (Å²) in [5.41, 5.74) is 2.25. The van der Waals surface area contributed by atoms with Crippen LogP contribution in [0, 0.1) is 6.92 Å². The van der Waals surface area contributed by atoms with Gasteiger partial charge in [0.15, 0.2) is 0 Å². The van der Waals surface area contributed by atoms with Gasteiger partial charge in [0, 0.05) is 6.20 Å². The first-order valence-corrected chi connectivity index (χ1v) is 7.86. The van der Waals surface area contributed by atoms with Gasteiger partial charge in [-0.2, -0.15) is 8.42 Å². The van der Waals surface area contributed by atoms with Crippen LogP contribution in [0.5, 0.6) is 0 Å². The number of hydrogen-bond donors (Lipinski definition) is 0. The van der Waals surface area contributed by atoms with E-state index in [2.05, 4.69) is 4.98 Å². The number of aromatic nitrogens is 2. The lowest BCUT2D eigenvalue weighted by Crippen LogP contribution is -2.08. The molecule has 0 N–H and O–H groups in total. The maximum absolute atomic E-state index is 12.1. The summed E-state index contributed by atoms with van der Waals surface area (Å²) in [4.78, 5) is 4.52. The first kappa shape index (κ1) is 13.8. The smallest absolute Gasteiger partial charge is 0.297 e. The van der Waals surface area contributed by atoms with Crippen LogP contribution in [0.25, 0.3) is 5.65 Å². The fraction of sp³-hybridized carbons (Fsp3) is 0.133. The van der Waals surface area contributed by atoms with E-state index in [1.807, 2.05) is 35.7 Å². The lowest BCUT2D eigenvalue weighted by molar-refractivity contribution is 0.302. The molecule has 2 aromatic heterocycles. The van der Waals surface area contributed by atoms with Gasteiger partial charge in [-0.05, 0) is 31.2 Å². The van der Waals surface area contributed by atoms with Gasteiger partial charge in [-0.1, -0.05) is 24.3 Å². The Morgan fingerprint density at radius 2 is 1.81 bits per heavy atom. The monoisotopic (exact) mass is 302 g/mol. The third-order valence-corrected chi connectivity index (χ3v) is 4.49. The molecule has 0 saturated carbocycles. The second-order valence-corrected chi connectivity index (χ2v) is 6.22. The zero-order valence-electron chi connectivity index (χ0n) is 11.4. The van der Waals surface area contributed by atoms with Gasteiger partial charge in [0.2, 0.25) is 0 Å². The Bertz CT molecular complexity index is 870. The quantitative estimate of drug-likeness (QED) is 0.695. The van der Waals surface area contributed by atoms with Crippen LogP contribution in [0.2, 0.25) is 0 Å². The van der Waals surface area contributed by atoms with Crippen molar-refractivity contribution in [2.75, 3.05) is 0 Å². The van der Waals surface area contributed by atoms with Crippen molar-refractivity contribution in [1.82, 2.24) is 9.38 Å². The van der Waals surface area contributed by atoms with Crippen molar-refractivity contribution in [2.45, 2.75) is 18.4 Å². The summed E-state index contributed by atoms with van der Waals surface area (Å²) in [6.45, 7) is 1.79. The highest BCUT2D eigenvalue weighted by Gasteiger charge is 2.17. The molecule has 0 aliphatic carbocycles. The molecule has 3 rings (SSSR count). The molecule has 0 aliphatic heterocycles. The van der Waals surface area contributed by atoms with Crippen molar-refractivity contribution in [3.8, 4) is 0 Å². The van der Waals surface area contributed by atoms with E-state index in [9.17, 15) is 8.42 Å². The average molecular weight is 302 g/mol. The van der Waals surface area contributed by atoms with Crippen molar-refractivity contribution >= 4 is 15.8 Å². The van der Waals surface area contributed by atoms with Crippen molar-refractivity contribution in [3.63, 3.8) is 0 Å². The number of hydrogen-bond acceptors (Lipinski definition) is 4. The summed E-state index contributed by atoms with van der Waals surface area (Å²) in [7, 11) is -3.76. The second-order valence-electron chi connectivity index (χ2n) is 4.60. The van der Waals surface area contributed by atoms with E-state index in [1.54, 1.807) is 18.2 Å². The Balaban J connectivity index is 1.89. The van der Waals surface area contributed by atoms with Gasteiger partial charge in [-0.15, -0.1) is 0 Å². The number of aryl methyl sites for hydroxylation is 1. The van der Waals surface area contributed by atoms with Crippen molar-refractivity contribution < 1.29 is 12.6 Å². The number of imidazole rings is 1. The van der Waals surface area contributed by atoms with Crippen LogP contribution in [-0.4, -0.2) is 17.8 Å². The minimum atomic E-state index is -3.76. The molecular weight excluding hydrogens is 288 g/mol. The lowest BCUT2D eigenvalue weighted by Gasteiger charge is -2.06. The van der Waals surface area contributed by atoms with Gasteiger partial charge in [0.25, 0.3) is 10.1 Å². The maximum Gasteiger partial charge on any atom is 0.297 e. The van der Waals surface area contributed by atoms with Crippen molar-refractivity contribution in [1.29, 1.82) is 0 Å². The van der Waals surface area contributed by atoms with E-state index in [4.69, 9.17) is 4.18 Å². The van der Waals surface area contributed by atoms with Gasteiger partial charge < -0.3 is 4.40 Å². The van der Waals surface area contributed by atoms with Crippen molar-refractivity contribution in [3.05, 3.63) is 66.1 Å². The minimum absolute atomic E-state index is 0.0474. The highest BCUT2D eigenvalue weighted by Crippen LogP contribution is 2.17. The van der Waals surface area contributed by atoms with Crippen LogP contribution in [0.15, 0.2) is 59.6 Å². The summed E-state index contributed by atoms with van der Waals surface area (Å²) in [6, 6.07) is 13.7. The Hall–Kier alpha value is -2.18. The van der Waals surface area contributed by atoms with Gasteiger partial charge in [-0.25, -0.2) is 4.98 Å². The summed E-state index contributed by atoms with van der Waals surface area (Å²) < 4.78 is 31.2. The number of fused-ring (bicyclic) bond motifs is 1. The van der Waals surface area contributed by atoms with Crippen LogP contribution >= 0.6 is 0 Å². The van der Waals surface area contributed by atoms with E-state index >= 15 is 0 Å². The normalized spacial score (nSPS) is 11.9.